The fraction of sp³-hybridized carbons (Fsp3) is 0.400. The van der Waals surface area contributed by atoms with Crippen LogP contribution in [0.5, 0.6) is 0 Å². The minimum Gasteiger partial charge on any atom is -0.277 e. The van der Waals surface area contributed by atoms with Gasteiger partial charge in [-0.2, -0.15) is 0 Å². The van der Waals surface area contributed by atoms with Gasteiger partial charge in [0.2, 0.25) is 0 Å². The number of pyridine rings is 1. The summed E-state index contributed by atoms with van der Waals surface area (Å²) in [6, 6.07) is 3.27. The molecule has 0 aliphatic carbocycles. The summed E-state index contributed by atoms with van der Waals surface area (Å²) in [7, 11) is 0. The number of nitrogens with zero attached hydrogens (tertiary/aromatic N) is 2. The first-order valence-electron chi connectivity index (χ1n) is 4.84. The van der Waals surface area contributed by atoms with Crippen molar-refractivity contribution in [3.63, 3.8) is 0 Å². The topological polar surface area (TPSA) is 59.2 Å². The molecule has 1 aromatic heterocycles. The normalized spacial score (nSPS) is 10.1. The van der Waals surface area contributed by atoms with Crippen LogP contribution in [0.4, 0.5) is 0 Å². The number of rotatable bonds is 4. The maximum Gasteiger partial charge on any atom is 0.270 e. The van der Waals surface area contributed by atoms with Crippen molar-refractivity contribution < 1.29 is 4.79 Å². The number of amides is 1. The van der Waals surface area contributed by atoms with Crippen molar-refractivity contribution in [3.05, 3.63) is 29.0 Å². The number of hydrazine groups is 1. The van der Waals surface area contributed by atoms with Crippen molar-refractivity contribution in [2.75, 3.05) is 6.54 Å². The zero-order valence-electron chi connectivity index (χ0n) is 8.61. The minimum absolute atomic E-state index is 0.189. The van der Waals surface area contributed by atoms with Crippen LogP contribution in [-0.4, -0.2) is 22.4 Å². The largest absolute Gasteiger partial charge is 0.277 e. The molecule has 0 aliphatic rings. The number of unbranched alkanes of at least 4 members (excludes halogenated alkanes) is 1. The van der Waals surface area contributed by atoms with Gasteiger partial charge in [0.15, 0.2) is 0 Å². The fourth-order valence-electron chi connectivity index (χ4n) is 1.13. The van der Waals surface area contributed by atoms with Crippen LogP contribution in [0, 0.1) is 0 Å². The highest BCUT2D eigenvalue weighted by Crippen LogP contribution is 2.13. The van der Waals surface area contributed by atoms with E-state index in [-0.39, 0.29) is 11.1 Å². The van der Waals surface area contributed by atoms with Gasteiger partial charge in [0, 0.05) is 12.7 Å². The van der Waals surface area contributed by atoms with Crippen molar-refractivity contribution in [1.29, 1.82) is 0 Å². The van der Waals surface area contributed by atoms with Gasteiger partial charge in [-0.3, -0.25) is 9.80 Å². The van der Waals surface area contributed by atoms with Crippen molar-refractivity contribution in [2.45, 2.75) is 19.8 Å². The monoisotopic (exact) mass is 227 g/mol. The van der Waals surface area contributed by atoms with Gasteiger partial charge in [-0.25, -0.2) is 10.8 Å². The quantitative estimate of drug-likeness (QED) is 0.370. The van der Waals surface area contributed by atoms with Crippen LogP contribution in [0.3, 0.4) is 0 Å². The SMILES string of the molecule is CCCCN(N)C(=O)c1cccnc1Cl. The summed E-state index contributed by atoms with van der Waals surface area (Å²) in [5, 5.41) is 1.36. The summed E-state index contributed by atoms with van der Waals surface area (Å²) in [4.78, 5) is 15.6. The zero-order chi connectivity index (χ0) is 11.3. The van der Waals surface area contributed by atoms with E-state index in [1.54, 1.807) is 12.1 Å². The van der Waals surface area contributed by atoms with Gasteiger partial charge >= 0.3 is 0 Å². The molecule has 82 valence electrons. The van der Waals surface area contributed by atoms with Crippen LogP contribution in [-0.2, 0) is 0 Å². The van der Waals surface area contributed by atoms with Gasteiger partial charge in [-0.1, -0.05) is 24.9 Å². The van der Waals surface area contributed by atoms with Crippen molar-refractivity contribution in [3.8, 4) is 0 Å². The fourth-order valence-corrected chi connectivity index (χ4v) is 1.33. The summed E-state index contributed by atoms with van der Waals surface area (Å²) in [5.41, 5.74) is 0.345. The molecular formula is C10H14ClN3O. The number of aromatic nitrogens is 1. The Morgan fingerprint density at radius 2 is 2.40 bits per heavy atom. The molecule has 15 heavy (non-hydrogen) atoms. The third-order valence-corrected chi connectivity index (χ3v) is 2.30. The molecule has 1 heterocycles. The van der Waals surface area contributed by atoms with Crippen LogP contribution < -0.4 is 5.84 Å². The number of carbonyl (C=O) groups is 1. The van der Waals surface area contributed by atoms with Gasteiger partial charge in [0.25, 0.3) is 5.91 Å². The lowest BCUT2D eigenvalue weighted by Gasteiger charge is -2.16. The smallest absolute Gasteiger partial charge is 0.270 e. The minimum atomic E-state index is -0.290. The van der Waals surface area contributed by atoms with Gasteiger partial charge < -0.3 is 0 Å². The van der Waals surface area contributed by atoms with Crippen molar-refractivity contribution in [2.24, 2.45) is 5.84 Å². The van der Waals surface area contributed by atoms with Crippen LogP contribution in [0.25, 0.3) is 0 Å². The molecular weight excluding hydrogens is 214 g/mol. The average molecular weight is 228 g/mol. The van der Waals surface area contributed by atoms with E-state index >= 15 is 0 Å². The van der Waals surface area contributed by atoms with Crippen LogP contribution >= 0.6 is 11.6 Å². The number of hydrogen-bond donors (Lipinski definition) is 1. The van der Waals surface area contributed by atoms with Crippen LogP contribution in [0.1, 0.15) is 30.1 Å². The van der Waals surface area contributed by atoms with E-state index in [0.717, 1.165) is 12.8 Å². The molecule has 4 nitrogen and oxygen atoms in total. The molecule has 0 spiro atoms. The Labute approximate surface area is 94.0 Å². The van der Waals surface area contributed by atoms with Crippen LogP contribution in [0.15, 0.2) is 18.3 Å². The first kappa shape index (κ1) is 11.9. The van der Waals surface area contributed by atoms with E-state index in [1.807, 2.05) is 6.92 Å². The molecule has 2 N–H and O–H groups in total. The molecule has 0 saturated carbocycles. The van der Waals surface area contributed by atoms with Gasteiger partial charge in [-0.05, 0) is 18.6 Å². The predicted molar refractivity (Wildman–Crippen MR) is 59.4 cm³/mol. The summed E-state index contributed by atoms with van der Waals surface area (Å²) in [6.07, 6.45) is 3.40. The Hall–Kier alpha value is -1.13. The van der Waals surface area contributed by atoms with E-state index in [0.29, 0.717) is 12.1 Å². The Morgan fingerprint density at radius 1 is 1.67 bits per heavy atom. The molecule has 0 atom stereocenters. The van der Waals surface area contributed by atoms with Crippen molar-refractivity contribution in [1.82, 2.24) is 9.99 Å². The van der Waals surface area contributed by atoms with Crippen molar-refractivity contribution >= 4 is 17.5 Å². The zero-order valence-corrected chi connectivity index (χ0v) is 9.37. The van der Waals surface area contributed by atoms with Crippen LogP contribution in [0.2, 0.25) is 5.15 Å². The molecule has 0 saturated heterocycles. The molecule has 0 unspecified atom stereocenters. The maximum absolute atomic E-state index is 11.7. The molecule has 0 radical (unpaired) electrons. The first-order valence-corrected chi connectivity index (χ1v) is 5.21. The van der Waals surface area contributed by atoms with Gasteiger partial charge in [0.1, 0.15) is 5.15 Å². The number of nitrogens with two attached hydrogens (primary N) is 1. The summed E-state index contributed by atoms with van der Waals surface area (Å²) in [6.45, 7) is 2.57. The molecule has 1 amide bonds. The number of halogens is 1. The Bertz CT molecular complexity index is 343. The second-order valence-electron chi connectivity index (χ2n) is 3.19. The molecule has 0 aliphatic heterocycles. The van der Waals surface area contributed by atoms with E-state index in [4.69, 9.17) is 17.4 Å². The summed E-state index contributed by atoms with van der Waals surface area (Å²) in [5.74, 6) is 5.31. The predicted octanol–water partition coefficient (Wildman–Crippen LogP) is 1.85. The lowest BCUT2D eigenvalue weighted by atomic mass is 10.2. The third-order valence-electron chi connectivity index (χ3n) is 2.00. The average Bonchev–Trinajstić information content (AvgIpc) is 2.25. The number of carbonyl (C=O) groups excluding carboxylic acids is 1. The van der Waals surface area contributed by atoms with E-state index in [1.165, 1.54) is 11.2 Å². The number of hydrogen-bond acceptors (Lipinski definition) is 3. The Kier molecular flexibility index (Phi) is 4.52. The molecule has 0 fully saturated rings. The molecule has 0 bridgehead atoms. The standard InChI is InChI=1S/C10H14ClN3O/c1-2-3-7-14(12)10(15)8-5-4-6-13-9(8)11/h4-6H,2-3,7,12H2,1H3. The molecule has 5 heteroatoms. The lowest BCUT2D eigenvalue weighted by Crippen LogP contribution is -2.38. The maximum atomic E-state index is 11.7. The van der Waals surface area contributed by atoms with E-state index in [2.05, 4.69) is 4.98 Å². The third kappa shape index (κ3) is 3.18. The highest BCUT2D eigenvalue weighted by molar-refractivity contribution is 6.32. The van der Waals surface area contributed by atoms with Gasteiger partial charge in [-0.15, -0.1) is 0 Å². The highest BCUT2D eigenvalue weighted by Gasteiger charge is 2.15. The Balaban J connectivity index is 2.72. The summed E-state index contributed by atoms with van der Waals surface area (Å²) < 4.78 is 0. The highest BCUT2D eigenvalue weighted by atomic mass is 35.5. The molecule has 1 rings (SSSR count). The first-order chi connectivity index (χ1) is 7.16. The molecule has 0 aromatic carbocycles. The second-order valence-corrected chi connectivity index (χ2v) is 3.55. The lowest BCUT2D eigenvalue weighted by molar-refractivity contribution is 0.0753. The summed E-state index contributed by atoms with van der Waals surface area (Å²) >= 11 is 5.78. The Morgan fingerprint density at radius 3 is 3.00 bits per heavy atom. The van der Waals surface area contributed by atoms with E-state index in [9.17, 15) is 4.79 Å². The van der Waals surface area contributed by atoms with Gasteiger partial charge in [0.05, 0.1) is 5.56 Å². The molecule has 1 aromatic rings. The second kappa shape index (κ2) is 5.68. The van der Waals surface area contributed by atoms with E-state index < -0.39 is 0 Å².